The van der Waals surface area contributed by atoms with Crippen molar-refractivity contribution in [1.82, 2.24) is 5.32 Å². The first-order valence-corrected chi connectivity index (χ1v) is 7.87. The van der Waals surface area contributed by atoms with Crippen molar-refractivity contribution in [3.63, 3.8) is 0 Å². The molecule has 0 aliphatic carbocycles. The van der Waals surface area contributed by atoms with E-state index < -0.39 is 6.10 Å². The largest absolute Gasteiger partial charge is 0.494 e. The van der Waals surface area contributed by atoms with Gasteiger partial charge in [0.05, 0.1) is 19.1 Å². The molecule has 0 bridgehead atoms. The Labute approximate surface area is 137 Å². The van der Waals surface area contributed by atoms with E-state index in [1.54, 1.807) is 0 Å². The molecule has 2 aromatic carbocycles. The Balaban J connectivity index is 1.74. The second-order valence-corrected chi connectivity index (χ2v) is 5.40. The number of nitrogens with one attached hydrogen (secondary N) is 1. The number of aliphatic hydroxyl groups is 1. The van der Waals surface area contributed by atoms with Crippen molar-refractivity contribution in [2.45, 2.75) is 25.9 Å². The Morgan fingerprint density at radius 3 is 2.43 bits per heavy atom. The van der Waals surface area contributed by atoms with Gasteiger partial charge in [0.2, 0.25) is 5.91 Å². The van der Waals surface area contributed by atoms with Gasteiger partial charge in [0.1, 0.15) is 5.75 Å². The minimum Gasteiger partial charge on any atom is -0.494 e. The minimum atomic E-state index is -0.582. The highest BCUT2D eigenvalue weighted by Gasteiger charge is 2.09. The summed E-state index contributed by atoms with van der Waals surface area (Å²) in [5.74, 6) is 0.705. The van der Waals surface area contributed by atoms with E-state index in [0.717, 1.165) is 16.9 Å². The van der Waals surface area contributed by atoms with Crippen LogP contribution in [0, 0.1) is 0 Å². The average Bonchev–Trinajstić information content (AvgIpc) is 2.56. The average molecular weight is 313 g/mol. The summed E-state index contributed by atoms with van der Waals surface area (Å²) in [5.41, 5.74) is 1.98. The van der Waals surface area contributed by atoms with Gasteiger partial charge in [-0.05, 0) is 30.2 Å². The van der Waals surface area contributed by atoms with Crippen molar-refractivity contribution in [3.05, 3.63) is 65.7 Å². The molecule has 0 saturated carbocycles. The lowest BCUT2D eigenvalue weighted by Gasteiger charge is -2.12. The fourth-order valence-electron chi connectivity index (χ4n) is 2.31. The lowest BCUT2D eigenvalue weighted by atomic mass is 10.1. The van der Waals surface area contributed by atoms with Crippen LogP contribution < -0.4 is 10.1 Å². The zero-order valence-electron chi connectivity index (χ0n) is 13.4. The van der Waals surface area contributed by atoms with Crippen molar-refractivity contribution < 1.29 is 14.6 Å². The Hall–Kier alpha value is -2.33. The van der Waals surface area contributed by atoms with E-state index in [1.807, 2.05) is 61.5 Å². The SMILES string of the molecule is CCOc1ccc(CC(=O)NCC(O)Cc2ccccc2)cc1. The number of aliphatic hydroxyl groups excluding tert-OH is 1. The molecule has 1 atom stereocenters. The number of carbonyl (C=O) groups excluding carboxylic acids is 1. The molecule has 0 aliphatic heterocycles. The number of rotatable bonds is 8. The molecule has 2 rings (SSSR count). The fourth-order valence-corrected chi connectivity index (χ4v) is 2.31. The Kier molecular flexibility index (Phi) is 6.63. The molecule has 4 nitrogen and oxygen atoms in total. The lowest BCUT2D eigenvalue weighted by molar-refractivity contribution is -0.120. The van der Waals surface area contributed by atoms with E-state index >= 15 is 0 Å². The number of hydrogen-bond donors (Lipinski definition) is 2. The zero-order valence-corrected chi connectivity index (χ0v) is 13.4. The second-order valence-electron chi connectivity index (χ2n) is 5.40. The molecule has 0 fully saturated rings. The maximum absolute atomic E-state index is 11.9. The highest BCUT2D eigenvalue weighted by atomic mass is 16.5. The summed E-state index contributed by atoms with van der Waals surface area (Å²) >= 11 is 0. The van der Waals surface area contributed by atoms with Crippen LogP contribution in [0.2, 0.25) is 0 Å². The zero-order chi connectivity index (χ0) is 16.5. The van der Waals surface area contributed by atoms with Gasteiger partial charge < -0.3 is 15.2 Å². The van der Waals surface area contributed by atoms with Crippen LogP contribution in [0.1, 0.15) is 18.1 Å². The summed E-state index contributed by atoms with van der Waals surface area (Å²) in [5, 5.41) is 12.8. The topological polar surface area (TPSA) is 58.6 Å². The van der Waals surface area contributed by atoms with Gasteiger partial charge in [0.25, 0.3) is 0 Å². The minimum absolute atomic E-state index is 0.0960. The van der Waals surface area contributed by atoms with E-state index in [1.165, 1.54) is 0 Å². The van der Waals surface area contributed by atoms with E-state index in [4.69, 9.17) is 4.74 Å². The molecule has 2 aromatic rings. The van der Waals surface area contributed by atoms with E-state index in [0.29, 0.717) is 19.4 Å². The van der Waals surface area contributed by atoms with Gasteiger partial charge >= 0.3 is 0 Å². The highest BCUT2D eigenvalue weighted by molar-refractivity contribution is 5.78. The van der Waals surface area contributed by atoms with Crippen molar-refractivity contribution >= 4 is 5.91 Å². The van der Waals surface area contributed by atoms with E-state index in [-0.39, 0.29) is 12.5 Å². The molecular weight excluding hydrogens is 290 g/mol. The predicted molar refractivity (Wildman–Crippen MR) is 90.5 cm³/mol. The second kappa shape index (κ2) is 8.96. The van der Waals surface area contributed by atoms with Crippen LogP contribution in [0.5, 0.6) is 5.75 Å². The van der Waals surface area contributed by atoms with Crippen LogP contribution in [0.15, 0.2) is 54.6 Å². The Bertz CT molecular complexity index is 596. The predicted octanol–water partition coefficient (Wildman–Crippen LogP) is 2.35. The van der Waals surface area contributed by atoms with Crippen LogP contribution in [0.3, 0.4) is 0 Å². The Morgan fingerprint density at radius 1 is 1.09 bits per heavy atom. The maximum atomic E-state index is 11.9. The molecule has 0 aromatic heterocycles. The van der Waals surface area contributed by atoms with Crippen molar-refractivity contribution in [2.24, 2.45) is 0 Å². The van der Waals surface area contributed by atoms with Crippen LogP contribution in [0.25, 0.3) is 0 Å². The van der Waals surface area contributed by atoms with Gasteiger partial charge in [-0.1, -0.05) is 42.5 Å². The molecule has 122 valence electrons. The summed E-state index contributed by atoms with van der Waals surface area (Å²) < 4.78 is 5.37. The summed E-state index contributed by atoms with van der Waals surface area (Å²) in [7, 11) is 0. The molecule has 0 saturated heterocycles. The van der Waals surface area contributed by atoms with Gasteiger partial charge in [-0.3, -0.25) is 4.79 Å². The lowest BCUT2D eigenvalue weighted by Crippen LogP contribution is -2.34. The van der Waals surface area contributed by atoms with Gasteiger partial charge in [0, 0.05) is 13.0 Å². The third kappa shape index (κ3) is 6.12. The third-order valence-electron chi connectivity index (χ3n) is 3.45. The fraction of sp³-hybridized carbons (Fsp3) is 0.316. The Morgan fingerprint density at radius 2 is 1.78 bits per heavy atom. The first-order valence-electron chi connectivity index (χ1n) is 7.87. The van der Waals surface area contributed by atoms with E-state index in [9.17, 15) is 9.90 Å². The van der Waals surface area contributed by atoms with Crippen LogP contribution >= 0.6 is 0 Å². The number of carbonyl (C=O) groups is 1. The molecule has 23 heavy (non-hydrogen) atoms. The van der Waals surface area contributed by atoms with Gasteiger partial charge in [-0.15, -0.1) is 0 Å². The summed E-state index contributed by atoms with van der Waals surface area (Å²) in [6.45, 7) is 2.81. The summed E-state index contributed by atoms with van der Waals surface area (Å²) in [4.78, 5) is 11.9. The molecule has 0 spiro atoms. The molecule has 4 heteroatoms. The van der Waals surface area contributed by atoms with Crippen molar-refractivity contribution in [3.8, 4) is 5.75 Å². The number of hydrogen-bond acceptors (Lipinski definition) is 3. The van der Waals surface area contributed by atoms with Crippen molar-refractivity contribution in [1.29, 1.82) is 0 Å². The monoisotopic (exact) mass is 313 g/mol. The van der Waals surface area contributed by atoms with Crippen molar-refractivity contribution in [2.75, 3.05) is 13.2 Å². The third-order valence-corrected chi connectivity index (χ3v) is 3.45. The highest BCUT2D eigenvalue weighted by Crippen LogP contribution is 2.12. The van der Waals surface area contributed by atoms with E-state index in [2.05, 4.69) is 5.32 Å². The molecule has 1 unspecified atom stereocenters. The molecular formula is C19H23NO3. The molecule has 2 N–H and O–H groups in total. The molecule has 0 aliphatic rings. The summed E-state index contributed by atoms with van der Waals surface area (Å²) in [6.07, 6.45) is 0.246. The van der Waals surface area contributed by atoms with Crippen LogP contribution in [-0.2, 0) is 17.6 Å². The molecule has 1 amide bonds. The molecule has 0 heterocycles. The number of benzene rings is 2. The standard InChI is InChI=1S/C19H23NO3/c1-2-23-18-10-8-16(9-11-18)13-19(22)20-14-17(21)12-15-6-4-3-5-7-15/h3-11,17,21H,2,12-14H2,1H3,(H,20,22). The van der Waals surface area contributed by atoms with Crippen LogP contribution in [0.4, 0.5) is 0 Å². The quantitative estimate of drug-likeness (QED) is 0.786. The normalized spacial score (nSPS) is 11.7. The number of ether oxygens (including phenoxy) is 1. The van der Waals surface area contributed by atoms with Crippen LogP contribution in [-0.4, -0.2) is 30.3 Å². The number of amides is 1. The van der Waals surface area contributed by atoms with Gasteiger partial charge in [0.15, 0.2) is 0 Å². The van der Waals surface area contributed by atoms with Gasteiger partial charge in [-0.2, -0.15) is 0 Å². The smallest absolute Gasteiger partial charge is 0.224 e. The summed E-state index contributed by atoms with van der Waals surface area (Å²) in [6, 6.07) is 17.2. The molecule has 0 radical (unpaired) electrons. The maximum Gasteiger partial charge on any atom is 0.224 e. The first-order chi connectivity index (χ1) is 11.2. The first kappa shape index (κ1) is 17.0. The van der Waals surface area contributed by atoms with Gasteiger partial charge in [-0.25, -0.2) is 0 Å².